The predicted octanol–water partition coefficient (Wildman–Crippen LogP) is 2.97. The van der Waals surface area contributed by atoms with E-state index in [2.05, 4.69) is 18.6 Å². The van der Waals surface area contributed by atoms with E-state index in [1.54, 1.807) is 0 Å². The Labute approximate surface area is 187 Å². The number of amides is 1. The SMILES string of the molecule is CC(C)C1COCCN1C(=O)[C@H]1CC[C@H](NS(=O)(=O)c2ccc(Cl)c([N+](=O)[O-])c2)CC1. The van der Waals surface area contributed by atoms with Crippen molar-refractivity contribution in [2.45, 2.75) is 56.5 Å². The zero-order valence-electron chi connectivity index (χ0n) is 17.6. The highest BCUT2D eigenvalue weighted by molar-refractivity contribution is 7.89. The van der Waals surface area contributed by atoms with Gasteiger partial charge in [0.1, 0.15) is 5.02 Å². The Hall–Kier alpha value is -1.75. The number of rotatable bonds is 6. The van der Waals surface area contributed by atoms with E-state index in [9.17, 15) is 23.3 Å². The topological polar surface area (TPSA) is 119 Å². The summed E-state index contributed by atoms with van der Waals surface area (Å²) in [7, 11) is -3.94. The monoisotopic (exact) mass is 473 g/mol. The Balaban J connectivity index is 1.61. The second kappa shape index (κ2) is 9.81. The zero-order valence-corrected chi connectivity index (χ0v) is 19.2. The van der Waals surface area contributed by atoms with Gasteiger partial charge in [-0.2, -0.15) is 0 Å². The molecule has 1 heterocycles. The number of nitrogens with zero attached hydrogens (tertiary/aromatic N) is 2. The molecule has 1 aromatic carbocycles. The molecule has 9 nitrogen and oxygen atoms in total. The van der Waals surface area contributed by atoms with Crippen LogP contribution in [0.2, 0.25) is 5.02 Å². The molecule has 0 aromatic heterocycles. The molecule has 1 saturated heterocycles. The lowest BCUT2D eigenvalue weighted by molar-refractivity contribution is -0.384. The van der Waals surface area contributed by atoms with E-state index in [1.165, 1.54) is 12.1 Å². The van der Waals surface area contributed by atoms with Crippen LogP contribution in [-0.4, -0.2) is 56.0 Å². The summed E-state index contributed by atoms with van der Waals surface area (Å²) in [4.78, 5) is 25.1. The summed E-state index contributed by atoms with van der Waals surface area (Å²) in [6, 6.07) is 3.16. The normalized spacial score (nSPS) is 24.9. The molecule has 1 aliphatic heterocycles. The lowest BCUT2D eigenvalue weighted by atomic mass is 9.85. The first-order chi connectivity index (χ1) is 14.6. The van der Waals surface area contributed by atoms with Crippen LogP contribution in [0.4, 0.5) is 5.69 Å². The molecule has 1 saturated carbocycles. The third-order valence-electron chi connectivity index (χ3n) is 6.04. The summed E-state index contributed by atoms with van der Waals surface area (Å²) in [5, 5.41) is 10.9. The Morgan fingerprint density at radius 2 is 1.97 bits per heavy atom. The molecular weight excluding hydrogens is 446 g/mol. The van der Waals surface area contributed by atoms with Gasteiger partial charge < -0.3 is 9.64 Å². The van der Waals surface area contributed by atoms with Crippen LogP contribution in [0.3, 0.4) is 0 Å². The first-order valence-electron chi connectivity index (χ1n) is 10.4. The Bertz CT molecular complexity index is 931. The summed E-state index contributed by atoms with van der Waals surface area (Å²) in [5.74, 6) is 0.296. The highest BCUT2D eigenvalue weighted by Gasteiger charge is 2.36. The standard InChI is InChI=1S/C20H28ClN3O6S/c1-13(2)19-12-30-10-9-23(19)20(25)14-3-5-15(6-4-14)22-31(28,29)16-7-8-17(21)18(11-16)24(26)27/h7-8,11,13-15,19,22H,3-6,9-10,12H2,1-2H3/t14-,15-,19?. The number of benzene rings is 1. The Morgan fingerprint density at radius 1 is 1.29 bits per heavy atom. The maximum absolute atomic E-state index is 13.1. The fourth-order valence-corrected chi connectivity index (χ4v) is 5.74. The number of carbonyl (C=O) groups excluding carboxylic acids is 1. The van der Waals surface area contributed by atoms with Gasteiger partial charge in [-0.1, -0.05) is 25.4 Å². The average molecular weight is 474 g/mol. The van der Waals surface area contributed by atoms with Gasteiger partial charge in [0.2, 0.25) is 15.9 Å². The third-order valence-corrected chi connectivity index (χ3v) is 7.88. The van der Waals surface area contributed by atoms with Crippen LogP contribution < -0.4 is 4.72 Å². The lowest BCUT2D eigenvalue weighted by Crippen LogP contribution is -2.53. The number of sulfonamides is 1. The van der Waals surface area contributed by atoms with E-state index >= 15 is 0 Å². The van der Waals surface area contributed by atoms with E-state index in [1.807, 2.05) is 4.90 Å². The number of hydrogen-bond acceptors (Lipinski definition) is 6. The number of ether oxygens (including phenoxy) is 1. The van der Waals surface area contributed by atoms with Gasteiger partial charge in [-0.05, 0) is 43.7 Å². The molecule has 172 valence electrons. The molecule has 0 spiro atoms. The van der Waals surface area contributed by atoms with Crippen LogP contribution in [0.25, 0.3) is 0 Å². The Morgan fingerprint density at radius 3 is 2.58 bits per heavy atom. The number of nitro groups is 1. The average Bonchev–Trinajstić information content (AvgIpc) is 2.73. The van der Waals surface area contributed by atoms with Crippen LogP contribution in [-0.2, 0) is 19.6 Å². The van der Waals surface area contributed by atoms with Crippen molar-refractivity contribution in [3.63, 3.8) is 0 Å². The summed E-state index contributed by atoms with van der Waals surface area (Å²) < 4.78 is 33.6. The van der Waals surface area contributed by atoms with Crippen LogP contribution in [0.15, 0.2) is 23.1 Å². The molecule has 1 atom stereocenters. The summed E-state index contributed by atoms with van der Waals surface area (Å²) >= 11 is 5.77. The quantitative estimate of drug-likeness (QED) is 0.501. The molecule has 1 N–H and O–H groups in total. The number of morpholine rings is 1. The maximum atomic E-state index is 13.1. The van der Waals surface area contributed by atoms with Crippen molar-refractivity contribution in [3.8, 4) is 0 Å². The zero-order chi connectivity index (χ0) is 22.8. The lowest BCUT2D eigenvalue weighted by Gasteiger charge is -2.41. The number of nitro benzene ring substituents is 1. The highest BCUT2D eigenvalue weighted by Crippen LogP contribution is 2.31. The van der Waals surface area contributed by atoms with Crippen molar-refractivity contribution in [1.29, 1.82) is 0 Å². The van der Waals surface area contributed by atoms with Crippen molar-refractivity contribution in [1.82, 2.24) is 9.62 Å². The van der Waals surface area contributed by atoms with E-state index in [0.717, 1.165) is 6.07 Å². The summed E-state index contributed by atoms with van der Waals surface area (Å²) in [5.41, 5.74) is -0.455. The minimum absolute atomic E-state index is 0.0678. The molecule has 1 amide bonds. The molecule has 0 bridgehead atoms. The number of hydrogen-bond donors (Lipinski definition) is 1. The van der Waals surface area contributed by atoms with Gasteiger partial charge in [0.15, 0.2) is 0 Å². The smallest absolute Gasteiger partial charge is 0.289 e. The third kappa shape index (κ3) is 5.54. The summed E-state index contributed by atoms with van der Waals surface area (Å²) in [6.07, 6.45) is 2.24. The first-order valence-corrected chi connectivity index (χ1v) is 12.3. The van der Waals surface area contributed by atoms with Gasteiger partial charge >= 0.3 is 0 Å². The number of nitrogens with one attached hydrogen (secondary N) is 1. The van der Waals surface area contributed by atoms with E-state index in [0.29, 0.717) is 51.4 Å². The predicted molar refractivity (Wildman–Crippen MR) is 115 cm³/mol. The van der Waals surface area contributed by atoms with Crippen LogP contribution >= 0.6 is 11.6 Å². The molecule has 1 unspecified atom stereocenters. The van der Waals surface area contributed by atoms with E-state index in [-0.39, 0.29) is 33.8 Å². The highest BCUT2D eigenvalue weighted by atomic mass is 35.5. The van der Waals surface area contributed by atoms with Crippen molar-refractivity contribution < 1.29 is 22.9 Å². The van der Waals surface area contributed by atoms with E-state index < -0.39 is 20.6 Å². The second-order valence-electron chi connectivity index (χ2n) is 8.46. The molecule has 31 heavy (non-hydrogen) atoms. The molecule has 2 fully saturated rings. The van der Waals surface area contributed by atoms with Gasteiger partial charge in [-0.3, -0.25) is 14.9 Å². The van der Waals surface area contributed by atoms with Gasteiger partial charge in [-0.15, -0.1) is 0 Å². The number of carbonyl (C=O) groups is 1. The molecule has 3 rings (SSSR count). The number of halogens is 1. The molecular formula is C20H28ClN3O6S. The van der Waals surface area contributed by atoms with Crippen LogP contribution in [0.1, 0.15) is 39.5 Å². The largest absolute Gasteiger partial charge is 0.377 e. The van der Waals surface area contributed by atoms with Crippen LogP contribution in [0.5, 0.6) is 0 Å². The van der Waals surface area contributed by atoms with Crippen molar-refractivity contribution in [3.05, 3.63) is 33.3 Å². The molecule has 1 aromatic rings. The minimum Gasteiger partial charge on any atom is -0.377 e. The fraction of sp³-hybridized carbons (Fsp3) is 0.650. The first kappa shape index (κ1) is 23.9. The van der Waals surface area contributed by atoms with Crippen molar-refractivity contribution >= 4 is 33.2 Å². The van der Waals surface area contributed by atoms with Gasteiger partial charge in [0.25, 0.3) is 5.69 Å². The fourth-order valence-electron chi connectivity index (χ4n) is 4.23. The van der Waals surface area contributed by atoms with E-state index in [4.69, 9.17) is 16.3 Å². The Kier molecular flexibility index (Phi) is 7.56. The van der Waals surface area contributed by atoms with Gasteiger partial charge in [0.05, 0.1) is 29.1 Å². The minimum atomic E-state index is -3.94. The van der Waals surface area contributed by atoms with Crippen LogP contribution in [0, 0.1) is 22.0 Å². The maximum Gasteiger partial charge on any atom is 0.289 e. The molecule has 2 aliphatic rings. The van der Waals surface area contributed by atoms with Crippen molar-refractivity contribution in [2.75, 3.05) is 19.8 Å². The van der Waals surface area contributed by atoms with Crippen molar-refractivity contribution in [2.24, 2.45) is 11.8 Å². The second-order valence-corrected chi connectivity index (χ2v) is 10.6. The van der Waals surface area contributed by atoms with Gasteiger partial charge in [-0.25, -0.2) is 13.1 Å². The molecule has 1 aliphatic carbocycles. The molecule has 0 radical (unpaired) electrons. The van der Waals surface area contributed by atoms with Gasteiger partial charge in [0, 0.05) is 24.6 Å². The summed E-state index contributed by atoms with van der Waals surface area (Å²) in [6.45, 7) is 5.82. The molecule has 11 heteroatoms.